The molecule has 0 saturated heterocycles. The Morgan fingerprint density at radius 1 is 1.02 bits per heavy atom. The van der Waals surface area contributed by atoms with E-state index < -0.39 is 30.2 Å². The van der Waals surface area contributed by atoms with Gasteiger partial charge in [0.2, 0.25) is 0 Å². The summed E-state index contributed by atoms with van der Waals surface area (Å²) in [5.41, 5.74) is -0.139. The van der Waals surface area contributed by atoms with Crippen LogP contribution in [0.4, 0.5) is 43.7 Å². The molecular weight excluding hydrogens is 580 g/mol. The zero-order chi connectivity index (χ0) is 31.2. The summed E-state index contributed by atoms with van der Waals surface area (Å²) < 4.78 is 80.5. The minimum absolute atomic E-state index is 0.0538. The normalized spacial score (nSPS) is 19.4. The molecule has 5 rings (SSSR count). The van der Waals surface area contributed by atoms with Crippen LogP contribution >= 0.6 is 0 Å². The number of aryl methyl sites for hydroxylation is 2. The second kappa shape index (κ2) is 11.1. The summed E-state index contributed by atoms with van der Waals surface area (Å²) in [5, 5.41) is 24.7. The molecule has 0 amide bonds. The van der Waals surface area contributed by atoms with E-state index >= 15 is 0 Å². The van der Waals surface area contributed by atoms with Gasteiger partial charge in [0.05, 0.1) is 22.6 Å². The number of anilines is 3. The smallest absolute Gasteiger partial charge is 0.390 e. The Labute approximate surface area is 242 Å². The largest absolute Gasteiger partial charge is 0.433 e. The van der Waals surface area contributed by atoms with Crippen molar-refractivity contribution >= 4 is 17.3 Å². The maximum Gasteiger partial charge on any atom is 0.433 e. The molecule has 0 aliphatic heterocycles. The highest BCUT2D eigenvalue weighted by molar-refractivity contribution is 5.78. The summed E-state index contributed by atoms with van der Waals surface area (Å²) in [7, 11) is 1.22. The van der Waals surface area contributed by atoms with Crippen molar-refractivity contribution < 1.29 is 31.4 Å². The molecule has 0 radical (unpaired) electrons. The lowest BCUT2D eigenvalue weighted by Gasteiger charge is -2.34. The molecule has 0 aromatic carbocycles. The van der Waals surface area contributed by atoms with Gasteiger partial charge in [-0.15, -0.1) is 0 Å². The number of hydrogen-bond donors (Lipinski definition) is 3. The first-order valence-electron chi connectivity index (χ1n) is 13.4. The lowest BCUT2D eigenvalue weighted by Crippen LogP contribution is -2.35. The Morgan fingerprint density at radius 2 is 1.74 bits per heavy atom. The number of halogens is 6. The van der Waals surface area contributed by atoms with Crippen LogP contribution in [-0.4, -0.2) is 57.4 Å². The zero-order valence-electron chi connectivity index (χ0n) is 23.4. The number of nitrogens with one attached hydrogen (secondary N) is 2. The molecule has 4 heterocycles. The van der Waals surface area contributed by atoms with Crippen LogP contribution in [0.5, 0.6) is 0 Å². The van der Waals surface area contributed by atoms with Crippen molar-refractivity contribution in [3.05, 3.63) is 48.2 Å². The van der Waals surface area contributed by atoms with E-state index in [0.717, 1.165) is 15.4 Å². The van der Waals surface area contributed by atoms with Crippen LogP contribution in [0.2, 0.25) is 0 Å². The van der Waals surface area contributed by atoms with Gasteiger partial charge >= 0.3 is 12.4 Å². The first kappa shape index (κ1) is 30.3. The lowest BCUT2D eigenvalue weighted by atomic mass is 9.83. The van der Waals surface area contributed by atoms with E-state index in [1.54, 1.807) is 26.0 Å². The molecule has 1 aliphatic rings. The molecule has 16 heteroatoms. The number of hydrogen-bond acceptors (Lipinski definition) is 8. The molecule has 4 aromatic rings. The maximum absolute atomic E-state index is 13.5. The van der Waals surface area contributed by atoms with Gasteiger partial charge < -0.3 is 15.7 Å². The Hall–Kier alpha value is -4.21. The van der Waals surface area contributed by atoms with Crippen LogP contribution < -0.4 is 10.6 Å². The van der Waals surface area contributed by atoms with Gasteiger partial charge in [-0.3, -0.25) is 9.36 Å². The predicted octanol–water partition coefficient (Wildman–Crippen LogP) is 5.87. The molecule has 230 valence electrons. The number of nitrogens with zero attached hydrogens (tertiary/aromatic N) is 7. The molecule has 43 heavy (non-hydrogen) atoms. The van der Waals surface area contributed by atoms with Gasteiger partial charge in [0.25, 0.3) is 0 Å². The van der Waals surface area contributed by atoms with E-state index in [9.17, 15) is 31.4 Å². The van der Waals surface area contributed by atoms with Crippen LogP contribution in [0, 0.1) is 6.92 Å². The molecule has 0 spiro atoms. The average molecular weight is 610 g/mol. The minimum Gasteiger partial charge on any atom is -0.390 e. The van der Waals surface area contributed by atoms with Gasteiger partial charge in [-0.25, -0.2) is 15.0 Å². The summed E-state index contributed by atoms with van der Waals surface area (Å²) in [4.78, 5) is 12.9. The van der Waals surface area contributed by atoms with E-state index in [4.69, 9.17) is 0 Å². The zero-order valence-corrected chi connectivity index (χ0v) is 23.4. The van der Waals surface area contributed by atoms with Crippen LogP contribution in [0.3, 0.4) is 0 Å². The van der Waals surface area contributed by atoms with Crippen LogP contribution in [0.25, 0.3) is 22.6 Å². The highest BCUT2D eigenvalue weighted by Crippen LogP contribution is 2.37. The summed E-state index contributed by atoms with van der Waals surface area (Å²) in [6, 6.07) is 4.07. The molecular formula is C27H29F6N9O. The van der Waals surface area contributed by atoms with Crippen molar-refractivity contribution in [2.24, 2.45) is 7.05 Å². The topological polar surface area (TPSA) is 119 Å². The van der Waals surface area contributed by atoms with Crippen LogP contribution in [0.1, 0.15) is 44.0 Å². The predicted molar refractivity (Wildman–Crippen MR) is 145 cm³/mol. The van der Waals surface area contributed by atoms with E-state index in [-0.39, 0.29) is 23.4 Å². The molecule has 10 nitrogen and oxygen atoms in total. The Kier molecular flexibility index (Phi) is 7.83. The fraction of sp³-hybridized carbons (Fsp3) is 0.444. The third kappa shape index (κ3) is 7.24. The second-order valence-corrected chi connectivity index (χ2v) is 10.9. The number of aliphatic hydroxyl groups is 1. The fourth-order valence-corrected chi connectivity index (χ4v) is 5.01. The summed E-state index contributed by atoms with van der Waals surface area (Å²) in [6.45, 7) is 2.07. The van der Waals surface area contributed by atoms with Gasteiger partial charge in [-0.1, -0.05) is 0 Å². The lowest BCUT2D eigenvalue weighted by molar-refractivity contribution is -0.144. The number of alkyl halides is 6. The Bertz CT molecular complexity index is 1600. The van der Waals surface area contributed by atoms with Crippen LogP contribution in [-0.2, 0) is 19.8 Å². The molecule has 1 fully saturated rings. The third-order valence-electron chi connectivity index (χ3n) is 7.21. The fourth-order valence-electron chi connectivity index (χ4n) is 5.01. The molecule has 3 N–H and O–H groups in total. The van der Waals surface area contributed by atoms with Gasteiger partial charge in [0.15, 0.2) is 5.82 Å². The van der Waals surface area contributed by atoms with E-state index in [1.807, 2.05) is 0 Å². The van der Waals surface area contributed by atoms with Gasteiger partial charge in [0, 0.05) is 49.0 Å². The highest BCUT2D eigenvalue weighted by atomic mass is 19.4. The third-order valence-corrected chi connectivity index (χ3v) is 7.21. The SMILES string of the molecule is Cc1nn(CC(F)(F)F)cc1-c1nccc(Nc2cc(NC3CCC(C)(O)CC3)c(-c3cc(C(F)(F)F)n(C)n3)cn2)n1. The first-order valence-corrected chi connectivity index (χ1v) is 13.4. The Morgan fingerprint density at radius 3 is 2.40 bits per heavy atom. The van der Waals surface area contributed by atoms with Crippen molar-refractivity contribution in [2.45, 2.75) is 70.1 Å². The van der Waals surface area contributed by atoms with E-state index in [1.165, 1.54) is 25.6 Å². The summed E-state index contributed by atoms with van der Waals surface area (Å²) in [5.74, 6) is 0.730. The van der Waals surface area contributed by atoms with Gasteiger partial charge in [-0.2, -0.15) is 36.5 Å². The molecule has 1 aliphatic carbocycles. The standard InChI is InChI=1S/C27H29F6N9O/c1-15-18(13-42(39-15)14-26(28,29)30)24-34-9-6-22(38-24)37-23-11-19(36-16-4-7-25(2,43)8-5-16)17(12-35-23)20-10-21(27(31,32)33)41(3)40-20/h6,9-13,16,43H,4-5,7-8,14H2,1-3H3,(H2,34,35,36,37,38). The second-order valence-electron chi connectivity index (χ2n) is 10.9. The maximum atomic E-state index is 13.5. The summed E-state index contributed by atoms with van der Waals surface area (Å²) >= 11 is 0. The van der Waals surface area contributed by atoms with Crippen LogP contribution in [0.15, 0.2) is 36.8 Å². The monoisotopic (exact) mass is 609 g/mol. The Balaban J connectivity index is 1.44. The summed E-state index contributed by atoms with van der Waals surface area (Å²) in [6.07, 6.45) is -2.58. The van der Waals surface area contributed by atoms with Crippen molar-refractivity contribution in [1.82, 2.24) is 34.5 Å². The first-order chi connectivity index (χ1) is 20.1. The number of pyridine rings is 1. The molecule has 4 aromatic heterocycles. The van der Waals surface area contributed by atoms with Gasteiger partial charge in [-0.05, 0) is 51.7 Å². The molecule has 0 unspecified atom stereocenters. The van der Waals surface area contributed by atoms with Crippen molar-refractivity contribution in [3.8, 4) is 22.6 Å². The van der Waals surface area contributed by atoms with Crippen molar-refractivity contribution in [3.63, 3.8) is 0 Å². The van der Waals surface area contributed by atoms with E-state index in [2.05, 4.69) is 35.8 Å². The molecule has 0 bridgehead atoms. The number of rotatable bonds is 7. The minimum atomic E-state index is -4.59. The quantitative estimate of drug-likeness (QED) is 0.223. The highest BCUT2D eigenvalue weighted by Gasteiger charge is 2.36. The van der Waals surface area contributed by atoms with E-state index in [0.29, 0.717) is 54.0 Å². The van der Waals surface area contributed by atoms with Crippen molar-refractivity contribution in [1.29, 1.82) is 0 Å². The molecule has 1 saturated carbocycles. The molecule has 0 atom stereocenters. The number of aromatic nitrogens is 7. The average Bonchev–Trinajstić information content (AvgIpc) is 3.46. The van der Waals surface area contributed by atoms with Gasteiger partial charge in [0.1, 0.15) is 23.9 Å². The van der Waals surface area contributed by atoms with Crippen molar-refractivity contribution in [2.75, 3.05) is 10.6 Å².